The number of rotatable bonds is 7. The van der Waals surface area contributed by atoms with E-state index in [0.29, 0.717) is 12.6 Å². The minimum atomic E-state index is 0.294. The lowest BCUT2D eigenvalue weighted by atomic mass is 10.1. The van der Waals surface area contributed by atoms with Gasteiger partial charge in [-0.2, -0.15) is 0 Å². The summed E-state index contributed by atoms with van der Waals surface area (Å²) in [6.07, 6.45) is 8.95. The van der Waals surface area contributed by atoms with E-state index in [1.54, 1.807) is 0 Å². The molecule has 3 rings (SSSR count). The molecular formula is C19H30N2O. The zero-order valence-corrected chi connectivity index (χ0v) is 13.6. The molecule has 1 aromatic carbocycles. The predicted octanol–water partition coefficient (Wildman–Crippen LogP) is 3.32. The molecule has 0 bridgehead atoms. The fraction of sp³-hybridized carbons (Fsp3) is 0.684. The molecule has 1 aliphatic carbocycles. The second kappa shape index (κ2) is 7.98. The predicted molar refractivity (Wildman–Crippen MR) is 92.2 cm³/mol. The van der Waals surface area contributed by atoms with Crippen LogP contribution in [0.15, 0.2) is 24.3 Å². The van der Waals surface area contributed by atoms with E-state index in [1.165, 1.54) is 62.9 Å². The van der Waals surface area contributed by atoms with Crippen LogP contribution < -0.4 is 10.2 Å². The average molecular weight is 302 g/mol. The summed E-state index contributed by atoms with van der Waals surface area (Å²) in [4.78, 5) is 2.53. The van der Waals surface area contributed by atoms with Crippen LogP contribution in [0.4, 0.5) is 5.69 Å². The summed E-state index contributed by atoms with van der Waals surface area (Å²) in [7, 11) is 0. The van der Waals surface area contributed by atoms with Crippen LogP contribution in [0, 0.1) is 5.92 Å². The van der Waals surface area contributed by atoms with Crippen LogP contribution >= 0.6 is 0 Å². The number of nitrogens with one attached hydrogen (secondary N) is 1. The minimum Gasteiger partial charge on any atom is -0.396 e. The third-order valence-electron chi connectivity index (χ3n) is 5.11. The standard InChI is InChI=1S/C19H30N2O/c22-14-11-19(17-7-8-17)20-15-16-5-9-18(10-6-16)21-12-3-1-2-4-13-21/h5-6,9-10,17,19-20,22H,1-4,7-8,11-15H2. The van der Waals surface area contributed by atoms with Crippen molar-refractivity contribution in [3.8, 4) is 0 Å². The van der Waals surface area contributed by atoms with Crippen molar-refractivity contribution < 1.29 is 5.11 Å². The van der Waals surface area contributed by atoms with Gasteiger partial charge in [-0.05, 0) is 55.7 Å². The summed E-state index contributed by atoms with van der Waals surface area (Å²) in [6.45, 7) is 3.62. The fourth-order valence-corrected chi connectivity index (χ4v) is 3.54. The number of aliphatic hydroxyl groups excluding tert-OH is 1. The van der Waals surface area contributed by atoms with E-state index in [9.17, 15) is 0 Å². The van der Waals surface area contributed by atoms with Crippen molar-refractivity contribution in [2.24, 2.45) is 5.92 Å². The van der Waals surface area contributed by atoms with Crippen LogP contribution in [0.1, 0.15) is 50.5 Å². The van der Waals surface area contributed by atoms with Crippen LogP contribution in [0.25, 0.3) is 0 Å². The maximum atomic E-state index is 9.17. The number of anilines is 1. The Hall–Kier alpha value is -1.06. The van der Waals surface area contributed by atoms with Gasteiger partial charge in [0.1, 0.15) is 0 Å². The first-order valence-electron chi connectivity index (χ1n) is 9.05. The molecule has 1 heterocycles. The zero-order valence-electron chi connectivity index (χ0n) is 13.6. The van der Waals surface area contributed by atoms with Crippen molar-refractivity contribution in [2.45, 2.75) is 57.5 Å². The molecule has 2 N–H and O–H groups in total. The molecule has 3 heteroatoms. The lowest BCUT2D eigenvalue weighted by molar-refractivity contribution is 0.256. The van der Waals surface area contributed by atoms with Crippen LogP contribution in [0.2, 0.25) is 0 Å². The Bertz CT molecular complexity index is 433. The molecule has 1 aliphatic heterocycles. The highest BCUT2D eigenvalue weighted by Crippen LogP contribution is 2.34. The summed E-state index contributed by atoms with van der Waals surface area (Å²) >= 11 is 0. The van der Waals surface area contributed by atoms with E-state index in [2.05, 4.69) is 34.5 Å². The van der Waals surface area contributed by atoms with E-state index >= 15 is 0 Å². The van der Waals surface area contributed by atoms with Gasteiger partial charge in [-0.1, -0.05) is 25.0 Å². The van der Waals surface area contributed by atoms with Gasteiger partial charge in [0, 0.05) is 38.0 Å². The Labute approximate surface area is 134 Å². The Morgan fingerprint density at radius 1 is 1.05 bits per heavy atom. The molecule has 0 aromatic heterocycles. The summed E-state index contributed by atoms with van der Waals surface area (Å²) in [5.41, 5.74) is 2.72. The first-order chi connectivity index (χ1) is 10.9. The summed E-state index contributed by atoms with van der Waals surface area (Å²) < 4.78 is 0. The maximum absolute atomic E-state index is 9.17. The molecule has 1 saturated heterocycles. The second-order valence-electron chi connectivity index (χ2n) is 6.90. The number of nitrogens with zero attached hydrogens (tertiary/aromatic N) is 1. The number of hydrogen-bond acceptors (Lipinski definition) is 3. The maximum Gasteiger partial charge on any atom is 0.0445 e. The van der Waals surface area contributed by atoms with Crippen molar-refractivity contribution in [1.82, 2.24) is 5.32 Å². The Morgan fingerprint density at radius 3 is 2.32 bits per heavy atom. The first kappa shape index (κ1) is 15.8. The monoisotopic (exact) mass is 302 g/mol. The van der Waals surface area contributed by atoms with Crippen LogP contribution in [0.5, 0.6) is 0 Å². The van der Waals surface area contributed by atoms with Gasteiger partial charge < -0.3 is 15.3 Å². The van der Waals surface area contributed by atoms with Crippen LogP contribution in [0.3, 0.4) is 0 Å². The second-order valence-corrected chi connectivity index (χ2v) is 6.90. The van der Waals surface area contributed by atoms with Crippen LogP contribution in [-0.4, -0.2) is 30.8 Å². The van der Waals surface area contributed by atoms with E-state index < -0.39 is 0 Å². The van der Waals surface area contributed by atoms with E-state index in [4.69, 9.17) is 5.11 Å². The zero-order chi connectivity index (χ0) is 15.2. The lowest BCUT2D eigenvalue weighted by Crippen LogP contribution is -2.31. The molecule has 22 heavy (non-hydrogen) atoms. The summed E-state index contributed by atoms with van der Waals surface area (Å²) in [5, 5.41) is 12.8. The highest BCUT2D eigenvalue weighted by atomic mass is 16.3. The van der Waals surface area contributed by atoms with Crippen molar-refractivity contribution in [2.75, 3.05) is 24.6 Å². The Morgan fingerprint density at radius 2 is 1.73 bits per heavy atom. The molecule has 122 valence electrons. The van der Waals surface area contributed by atoms with Crippen molar-refractivity contribution in [1.29, 1.82) is 0 Å². The third-order valence-corrected chi connectivity index (χ3v) is 5.11. The van der Waals surface area contributed by atoms with E-state index in [-0.39, 0.29) is 0 Å². The quantitative estimate of drug-likeness (QED) is 0.811. The van der Waals surface area contributed by atoms with Gasteiger partial charge >= 0.3 is 0 Å². The molecule has 3 nitrogen and oxygen atoms in total. The number of benzene rings is 1. The topological polar surface area (TPSA) is 35.5 Å². The third kappa shape index (κ3) is 4.47. The van der Waals surface area contributed by atoms with E-state index in [0.717, 1.165) is 18.9 Å². The largest absolute Gasteiger partial charge is 0.396 e. The van der Waals surface area contributed by atoms with Crippen molar-refractivity contribution in [3.05, 3.63) is 29.8 Å². The van der Waals surface area contributed by atoms with Crippen LogP contribution in [-0.2, 0) is 6.54 Å². The summed E-state index contributed by atoms with van der Waals surface area (Å²) in [5.74, 6) is 0.795. The Kier molecular flexibility index (Phi) is 5.74. The first-order valence-corrected chi connectivity index (χ1v) is 9.05. The smallest absolute Gasteiger partial charge is 0.0445 e. The SMILES string of the molecule is OCCC(NCc1ccc(N2CCCCCC2)cc1)C1CC1. The van der Waals surface area contributed by atoms with Gasteiger partial charge in [-0.15, -0.1) is 0 Å². The summed E-state index contributed by atoms with van der Waals surface area (Å²) in [6, 6.07) is 9.57. The molecule has 0 amide bonds. The number of hydrogen-bond donors (Lipinski definition) is 2. The molecule has 1 atom stereocenters. The van der Waals surface area contributed by atoms with Gasteiger partial charge in [0.05, 0.1) is 0 Å². The van der Waals surface area contributed by atoms with E-state index in [1.807, 2.05) is 0 Å². The fourth-order valence-electron chi connectivity index (χ4n) is 3.54. The molecule has 0 spiro atoms. The molecule has 0 radical (unpaired) electrons. The normalized spacial score (nSPS) is 20.7. The lowest BCUT2D eigenvalue weighted by Gasteiger charge is -2.23. The highest BCUT2D eigenvalue weighted by Gasteiger charge is 2.30. The molecular weight excluding hydrogens is 272 g/mol. The molecule has 1 unspecified atom stereocenters. The molecule has 2 aliphatic rings. The molecule has 1 saturated carbocycles. The number of aliphatic hydroxyl groups is 1. The van der Waals surface area contributed by atoms with Gasteiger partial charge in [-0.3, -0.25) is 0 Å². The Balaban J connectivity index is 1.52. The average Bonchev–Trinajstić information content (AvgIpc) is 3.38. The highest BCUT2D eigenvalue weighted by molar-refractivity contribution is 5.47. The van der Waals surface area contributed by atoms with Gasteiger partial charge in [0.2, 0.25) is 0 Å². The molecule has 1 aromatic rings. The van der Waals surface area contributed by atoms with Crippen molar-refractivity contribution >= 4 is 5.69 Å². The van der Waals surface area contributed by atoms with Gasteiger partial charge in [0.25, 0.3) is 0 Å². The van der Waals surface area contributed by atoms with Gasteiger partial charge in [-0.25, -0.2) is 0 Å². The molecule has 2 fully saturated rings. The van der Waals surface area contributed by atoms with Crippen molar-refractivity contribution in [3.63, 3.8) is 0 Å². The minimum absolute atomic E-state index is 0.294. The van der Waals surface area contributed by atoms with Gasteiger partial charge in [0.15, 0.2) is 0 Å².